The number of hydrogen-bond acceptors (Lipinski definition) is 5. The van der Waals surface area contributed by atoms with Gasteiger partial charge in [0.15, 0.2) is 0 Å². The molecule has 2 heterocycles. The monoisotopic (exact) mass is 548 g/mol. The van der Waals surface area contributed by atoms with Gasteiger partial charge in [0.05, 0.1) is 16.8 Å². The van der Waals surface area contributed by atoms with Gasteiger partial charge in [-0.25, -0.2) is 9.18 Å². The third-order valence-corrected chi connectivity index (χ3v) is 7.57. The first-order valence-corrected chi connectivity index (χ1v) is 13.4. The van der Waals surface area contributed by atoms with E-state index in [4.69, 9.17) is 11.6 Å². The van der Waals surface area contributed by atoms with Crippen LogP contribution in [0.5, 0.6) is 5.75 Å². The summed E-state index contributed by atoms with van der Waals surface area (Å²) in [4.78, 5) is 34.3. The summed E-state index contributed by atoms with van der Waals surface area (Å²) in [5, 5.41) is 11.4. The number of anilines is 1. The number of phenols is 1. The van der Waals surface area contributed by atoms with Crippen LogP contribution in [0.25, 0.3) is 27.7 Å². The van der Waals surface area contributed by atoms with Crippen molar-refractivity contribution in [2.45, 2.75) is 33.1 Å². The van der Waals surface area contributed by atoms with Crippen molar-refractivity contribution in [2.75, 3.05) is 31.1 Å². The molecule has 9 heteroatoms. The van der Waals surface area contributed by atoms with Gasteiger partial charge < -0.3 is 14.9 Å². The third kappa shape index (κ3) is 4.85. The molecule has 202 valence electrons. The predicted molar refractivity (Wildman–Crippen MR) is 153 cm³/mol. The molecule has 0 saturated carbocycles. The van der Waals surface area contributed by atoms with E-state index in [1.54, 1.807) is 12.1 Å². The lowest BCUT2D eigenvalue weighted by Crippen LogP contribution is -2.49. The van der Waals surface area contributed by atoms with E-state index >= 15 is 0 Å². The summed E-state index contributed by atoms with van der Waals surface area (Å²) in [6, 6.07) is 15.0. The third-order valence-electron chi connectivity index (χ3n) is 7.25. The normalized spacial score (nSPS) is 13.9. The zero-order valence-corrected chi connectivity index (χ0v) is 22.9. The fraction of sp³-hybridized carbons (Fsp3) is 0.300. The molecule has 7 nitrogen and oxygen atoms in total. The number of aromatic nitrogens is 2. The Morgan fingerprint density at radius 3 is 2.46 bits per heavy atom. The van der Waals surface area contributed by atoms with E-state index in [2.05, 4.69) is 4.98 Å². The van der Waals surface area contributed by atoms with E-state index < -0.39 is 11.5 Å². The minimum absolute atomic E-state index is 0.0365. The first kappa shape index (κ1) is 26.7. The molecule has 0 bridgehead atoms. The van der Waals surface area contributed by atoms with Gasteiger partial charge in [-0.3, -0.25) is 9.36 Å². The Morgan fingerprint density at radius 1 is 1.08 bits per heavy atom. The van der Waals surface area contributed by atoms with Crippen LogP contribution in [-0.2, 0) is 4.79 Å². The Morgan fingerprint density at radius 2 is 1.79 bits per heavy atom. The van der Waals surface area contributed by atoms with Crippen molar-refractivity contribution in [3.8, 4) is 22.6 Å². The summed E-state index contributed by atoms with van der Waals surface area (Å²) in [7, 11) is 0. The largest absolute Gasteiger partial charge is 0.507 e. The van der Waals surface area contributed by atoms with E-state index in [0.29, 0.717) is 55.0 Å². The first-order valence-electron chi connectivity index (χ1n) is 13.1. The number of piperazine rings is 1. The highest BCUT2D eigenvalue weighted by Gasteiger charge is 2.26. The fourth-order valence-electron chi connectivity index (χ4n) is 5.25. The molecule has 0 spiro atoms. The number of benzene rings is 3. The minimum atomic E-state index is -0.626. The highest BCUT2D eigenvalue weighted by atomic mass is 35.5. The lowest BCUT2D eigenvalue weighted by atomic mass is 9.99. The second-order valence-corrected chi connectivity index (χ2v) is 10.4. The van der Waals surface area contributed by atoms with Crippen molar-refractivity contribution in [3.63, 3.8) is 0 Å². The Balaban J connectivity index is 1.77. The van der Waals surface area contributed by atoms with E-state index in [1.807, 2.05) is 54.8 Å². The minimum Gasteiger partial charge on any atom is -0.507 e. The Kier molecular flexibility index (Phi) is 7.32. The lowest BCUT2D eigenvalue weighted by Gasteiger charge is -2.36. The van der Waals surface area contributed by atoms with E-state index in [0.717, 1.165) is 5.56 Å². The molecule has 5 rings (SSSR count). The standard InChI is InChI=1S/C30H30ClFN4O3/c1-4-27(38)34-12-14-35(15-13-34)29-21-16-22(31)20(28-23(32)9-7-11-26(28)37)17-25(21)36(30(39)33-29)24-10-6-5-8-19(24)18(2)3/h5-11,16-18,37H,4,12-15H2,1-3H3. The van der Waals surface area contributed by atoms with Crippen molar-refractivity contribution in [2.24, 2.45) is 0 Å². The molecule has 1 N–H and O–H groups in total. The summed E-state index contributed by atoms with van der Waals surface area (Å²) in [5.41, 5.74) is 1.87. The molecule has 0 aliphatic carbocycles. The van der Waals surface area contributed by atoms with Gasteiger partial charge in [0, 0.05) is 48.6 Å². The molecule has 0 unspecified atom stereocenters. The molecular formula is C30H30ClFN4O3. The van der Waals surface area contributed by atoms with Crippen LogP contribution in [0.3, 0.4) is 0 Å². The molecule has 1 fully saturated rings. The number of rotatable bonds is 5. The van der Waals surface area contributed by atoms with Crippen LogP contribution < -0.4 is 10.6 Å². The van der Waals surface area contributed by atoms with Crippen molar-refractivity contribution >= 4 is 34.2 Å². The average molecular weight is 549 g/mol. The second kappa shape index (κ2) is 10.7. The Bertz CT molecular complexity index is 1610. The van der Waals surface area contributed by atoms with Gasteiger partial charge in [-0.1, -0.05) is 56.6 Å². The summed E-state index contributed by atoms with van der Waals surface area (Å²) in [6.45, 7) is 7.98. The van der Waals surface area contributed by atoms with Crippen LogP contribution >= 0.6 is 11.6 Å². The zero-order valence-electron chi connectivity index (χ0n) is 22.1. The lowest BCUT2D eigenvalue weighted by molar-refractivity contribution is -0.131. The molecule has 1 amide bonds. The molecule has 4 aromatic rings. The number of para-hydroxylation sites is 1. The van der Waals surface area contributed by atoms with Crippen LogP contribution in [0.4, 0.5) is 10.2 Å². The van der Waals surface area contributed by atoms with Gasteiger partial charge in [0.2, 0.25) is 5.91 Å². The average Bonchev–Trinajstić information content (AvgIpc) is 2.93. The number of hydrogen-bond donors (Lipinski definition) is 1. The van der Waals surface area contributed by atoms with Crippen molar-refractivity contribution in [1.82, 2.24) is 14.5 Å². The molecule has 1 aliphatic rings. The van der Waals surface area contributed by atoms with Crippen LogP contribution in [0.1, 0.15) is 38.7 Å². The number of halogens is 2. The molecule has 0 radical (unpaired) electrons. The van der Waals surface area contributed by atoms with Crippen LogP contribution in [0, 0.1) is 5.82 Å². The number of fused-ring (bicyclic) bond motifs is 1. The number of aromatic hydroxyl groups is 1. The van der Waals surface area contributed by atoms with Gasteiger partial charge in [0.1, 0.15) is 17.4 Å². The van der Waals surface area contributed by atoms with Crippen molar-refractivity contribution in [3.05, 3.63) is 81.5 Å². The number of amides is 1. The predicted octanol–water partition coefficient (Wildman–Crippen LogP) is 5.73. The van der Waals surface area contributed by atoms with Gasteiger partial charge >= 0.3 is 5.69 Å². The summed E-state index contributed by atoms with van der Waals surface area (Å²) < 4.78 is 16.5. The van der Waals surface area contributed by atoms with E-state index in [9.17, 15) is 19.1 Å². The van der Waals surface area contributed by atoms with Crippen molar-refractivity contribution < 1.29 is 14.3 Å². The highest BCUT2D eigenvalue weighted by molar-refractivity contribution is 6.34. The SMILES string of the molecule is CCC(=O)N1CCN(c2nc(=O)n(-c3ccccc3C(C)C)c3cc(-c4c(O)cccc4F)c(Cl)cc23)CC1. The van der Waals surface area contributed by atoms with E-state index in [1.165, 1.54) is 22.8 Å². The number of carbonyl (C=O) groups excluding carboxylic acids is 1. The number of carbonyl (C=O) groups is 1. The quantitative estimate of drug-likeness (QED) is 0.344. The maximum absolute atomic E-state index is 15.0. The van der Waals surface area contributed by atoms with Crippen LogP contribution in [0.15, 0.2) is 59.4 Å². The zero-order chi connectivity index (χ0) is 27.8. The summed E-state index contributed by atoms with van der Waals surface area (Å²) in [5.74, 6) is -0.208. The van der Waals surface area contributed by atoms with Crippen LogP contribution in [0.2, 0.25) is 5.02 Å². The molecule has 1 saturated heterocycles. The topological polar surface area (TPSA) is 78.7 Å². The van der Waals surface area contributed by atoms with Gasteiger partial charge in [0.25, 0.3) is 0 Å². The number of phenolic OH excluding ortho intramolecular Hbond substituents is 1. The molecule has 39 heavy (non-hydrogen) atoms. The number of nitrogens with zero attached hydrogens (tertiary/aromatic N) is 4. The van der Waals surface area contributed by atoms with Crippen molar-refractivity contribution in [1.29, 1.82) is 0 Å². The molecule has 0 atom stereocenters. The first-order chi connectivity index (χ1) is 18.7. The summed E-state index contributed by atoms with van der Waals surface area (Å²) >= 11 is 6.73. The van der Waals surface area contributed by atoms with Gasteiger partial charge in [-0.15, -0.1) is 0 Å². The van der Waals surface area contributed by atoms with Crippen LogP contribution in [-0.4, -0.2) is 51.6 Å². The Hall–Kier alpha value is -3.91. The van der Waals surface area contributed by atoms with E-state index in [-0.39, 0.29) is 33.7 Å². The van der Waals surface area contributed by atoms with Gasteiger partial charge in [-0.05, 0) is 41.8 Å². The second-order valence-electron chi connectivity index (χ2n) is 9.97. The maximum atomic E-state index is 15.0. The molecular weight excluding hydrogens is 519 g/mol. The van der Waals surface area contributed by atoms with Gasteiger partial charge in [-0.2, -0.15) is 4.98 Å². The summed E-state index contributed by atoms with van der Waals surface area (Å²) in [6.07, 6.45) is 0.438. The molecule has 1 aliphatic heterocycles. The fourth-order valence-corrected chi connectivity index (χ4v) is 5.50. The molecule has 1 aromatic heterocycles. The Labute approximate surface area is 231 Å². The maximum Gasteiger partial charge on any atom is 0.354 e. The molecule has 3 aromatic carbocycles. The highest BCUT2D eigenvalue weighted by Crippen LogP contribution is 2.40. The smallest absolute Gasteiger partial charge is 0.354 e.